The molecule has 1 rings (SSSR count). The molecule has 0 aromatic heterocycles. The van der Waals surface area contributed by atoms with Gasteiger partial charge in [-0.2, -0.15) is 0 Å². The van der Waals surface area contributed by atoms with Crippen LogP contribution < -0.4 is 5.32 Å². The molecular weight excluding hydrogens is 270 g/mol. The number of aliphatic carboxylic acids is 1. The summed E-state index contributed by atoms with van der Waals surface area (Å²) < 4.78 is 5.29. The first-order valence-corrected chi connectivity index (χ1v) is 8.20. The van der Waals surface area contributed by atoms with E-state index in [1.807, 2.05) is 0 Å². The summed E-state index contributed by atoms with van der Waals surface area (Å²) in [5.74, 6) is -0.877. The minimum absolute atomic E-state index is 0.0877. The fraction of sp³-hybridized carbons (Fsp3) is 0.875. The molecule has 0 aromatic carbocycles. The molecule has 122 valence electrons. The number of nitrogens with one attached hydrogen (secondary N) is 1. The Balaban J connectivity index is 1.97. The highest BCUT2D eigenvalue weighted by molar-refractivity contribution is 5.66. The van der Waals surface area contributed by atoms with Crippen molar-refractivity contribution in [3.8, 4) is 0 Å². The van der Waals surface area contributed by atoms with Crippen molar-refractivity contribution in [3.63, 3.8) is 0 Å². The molecule has 0 amide bonds. The summed E-state index contributed by atoms with van der Waals surface area (Å²) in [7, 11) is 0. The monoisotopic (exact) mass is 299 g/mol. The average Bonchev–Trinajstić information content (AvgIpc) is 2.41. The molecule has 0 saturated heterocycles. The lowest BCUT2D eigenvalue weighted by atomic mass is 9.92. The maximum Gasteiger partial charge on any atom is 0.303 e. The van der Waals surface area contributed by atoms with Crippen LogP contribution in [0.3, 0.4) is 0 Å². The molecule has 1 aliphatic rings. The molecule has 0 heterocycles. The lowest BCUT2D eigenvalue weighted by Crippen LogP contribution is -2.38. The zero-order valence-corrected chi connectivity index (χ0v) is 13.1. The molecule has 2 unspecified atom stereocenters. The molecule has 1 aliphatic carbocycles. The fourth-order valence-corrected chi connectivity index (χ4v) is 2.91. The molecule has 5 heteroatoms. The van der Waals surface area contributed by atoms with Gasteiger partial charge in [-0.15, -0.1) is 0 Å². The molecule has 0 bridgehead atoms. The predicted octanol–water partition coefficient (Wildman–Crippen LogP) is 2.88. The third-order valence-corrected chi connectivity index (χ3v) is 3.96. The van der Waals surface area contributed by atoms with Gasteiger partial charge in [-0.25, -0.2) is 0 Å². The molecule has 21 heavy (non-hydrogen) atoms. The number of carbonyl (C=O) groups excluding carboxylic acids is 1. The number of esters is 1. The smallest absolute Gasteiger partial charge is 0.303 e. The van der Waals surface area contributed by atoms with E-state index in [0.29, 0.717) is 6.04 Å². The van der Waals surface area contributed by atoms with Crippen molar-refractivity contribution in [3.05, 3.63) is 0 Å². The maximum atomic E-state index is 11.0. The van der Waals surface area contributed by atoms with E-state index in [1.54, 1.807) is 0 Å². The van der Waals surface area contributed by atoms with E-state index in [-0.39, 0.29) is 18.5 Å². The Morgan fingerprint density at radius 3 is 2.57 bits per heavy atom. The fourth-order valence-electron chi connectivity index (χ4n) is 2.91. The molecule has 5 nitrogen and oxygen atoms in total. The minimum atomic E-state index is -0.698. The third-order valence-electron chi connectivity index (χ3n) is 3.96. The molecule has 1 fully saturated rings. The molecule has 0 radical (unpaired) electrons. The Bertz CT molecular complexity index is 319. The van der Waals surface area contributed by atoms with E-state index in [9.17, 15) is 9.59 Å². The molecule has 0 aliphatic heterocycles. The van der Waals surface area contributed by atoms with Gasteiger partial charge in [0.05, 0.1) is 0 Å². The number of carboxylic acid groups (broad SMARTS) is 1. The Morgan fingerprint density at radius 1 is 1.14 bits per heavy atom. The van der Waals surface area contributed by atoms with Crippen molar-refractivity contribution in [2.24, 2.45) is 0 Å². The molecule has 1 saturated carbocycles. The van der Waals surface area contributed by atoms with Gasteiger partial charge >= 0.3 is 11.9 Å². The first kappa shape index (κ1) is 18.0. The van der Waals surface area contributed by atoms with Gasteiger partial charge in [0.25, 0.3) is 0 Å². The first-order valence-electron chi connectivity index (χ1n) is 8.20. The number of hydrogen-bond donors (Lipinski definition) is 2. The van der Waals surface area contributed by atoms with Crippen LogP contribution in [0.15, 0.2) is 0 Å². The highest BCUT2D eigenvalue weighted by atomic mass is 16.5. The maximum absolute atomic E-state index is 11.0. The summed E-state index contributed by atoms with van der Waals surface area (Å²) in [6.07, 6.45) is 9.74. The molecule has 2 N–H and O–H groups in total. The second-order valence-corrected chi connectivity index (χ2v) is 5.96. The quantitative estimate of drug-likeness (QED) is 0.479. The lowest BCUT2D eigenvalue weighted by Gasteiger charge is -2.29. The van der Waals surface area contributed by atoms with Crippen molar-refractivity contribution < 1.29 is 19.4 Å². The summed E-state index contributed by atoms with van der Waals surface area (Å²) >= 11 is 0. The van der Waals surface area contributed by atoms with Crippen molar-refractivity contribution in [2.75, 3.05) is 6.54 Å². The van der Waals surface area contributed by atoms with Crippen LogP contribution in [-0.2, 0) is 14.3 Å². The van der Waals surface area contributed by atoms with Crippen molar-refractivity contribution >= 4 is 11.9 Å². The highest BCUT2D eigenvalue weighted by Gasteiger charge is 2.23. The topological polar surface area (TPSA) is 75.6 Å². The van der Waals surface area contributed by atoms with Gasteiger partial charge in [0, 0.05) is 19.4 Å². The van der Waals surface area contributed by atoms with Gasteiger partial charge in [-0.05, 0) is 45.1 Å². The Kier molecular flexibility index (Phi) is 9.06. The van der Waals surface area contributed by atoms with Crippen LogP contribution in [0.25, 0.3) is 0 Å². The van der Waals surface area contributed by atoms with Crippen LogP contribution in [0.5, 0.6) is 0 Å². The second kappa shape index (κ2) is 10.6. The zero-order chi connectivity index (χ0) is 15.5. The molecule has 0 spiro atoms. The van der Waals surface area contributed by atoms with Gasteiger partial charge in [0.15, 0.2) is 0 Å². The summed E-state index contributed by atoms with van der Waals surface area (Å²) in [6, 6.07) is 0.468. The second-order valence-electron chi connectivity index (χ2n) is 5.96. The highest BCUT2D eigenvalue weighted by Crippen LogP contribution is 2.21. The average molecular weight is 299 g/mol. The van der Waals surface area contributed by atoms with E-state index >= 15 is 0 Å². The number of carboxylic acids is 1. The zero-order valence-electron chi connectivity index (χ0n) is 13.1. The Hall–Kier alpha value is -1.10. The van der Waals surface area contributed by atoms with Gasteiger partial charge < -0.3 is 15.2 Å². The SMILES string of the molecule is CC(=O)OC1CCCC(NCCCCCCCC(=O)O)C1. The summed E-state index contributed by atoms with van der Waals surface area (Å²) in [5.41, 5.74) is 0. The van der Waals surface area contributed by atoms with Crippen molar-refractivity contribution in [1.29, 1.82) is 0 Å². The van der Waals surface area contributed by atoms with Crippen LogP contribution in [0.2, 0.25) is 0 Å². The molecule has 0 aromatic rings. The predicted molar refractivity (Wildman–Crippen MR) is 81.2 cm³/mol. The third kappa shape index (κ3) is 9.45. The number of rotatable bonds is 10. The van der Waals surface area contributed by atoms with E-state index < -0.39 is 5.97 Å². The van der Waals surface area contributed by atoms with Crippen molar-refractivity contribution in [1.82, 2.24) is 5.32 Å². The number of hydrogen-bond acceptors (Lipinski definition) is 4. The molecular formula is C16H29NO4. The normalized spacial score (nSPS) is 22.0. The van der Waals surface area contributed by atoms with Gasteiger partial charge in [0.1, 0.15) is 6.10 Å². The largest absolute Gasteiger partial charge is 0.481 e. The number of ether oxygens (including phenoxy) is 1. The summed E-state index contributed by atoms with van der Waals surface area (Å²) in [5, 5.41) is 12.1. The Labute approximate surface area is 127 Å². The minimum Gasteiger partial charge on any atom is -0.481 e. The number of carbonyl (C=O) groups is 2. The van der Waals surface area contributed by atoms with Crippen molar-refractivity contribution in [2.45, 2.75) is 83.3 Å². The van der Waals surface area contributed by atoms with Crippen LogP contribution >= 0.6 is 0 Å². The van der Waals surface area contributed by atoms with E-state index in [2.05, 4.69) is 5.32 Å². The van der Waals surface area contributed by atoms with E-state index in [4.69, 9.17) is 9.84 Å². The molecule has 2 atom stereocenters. The van der Waals surface area contributed by atoms with E-state index in [1.165, 1.54) is 6.92 Å². The van der Waals surface area contributed by atoms with E-state index in [0.717, 1.165) is 64.3 Å². The van der Waals surface area contributed by atoms with Crippen LogP contribution in [-0.4, -0.2) is 35.7 Å². The van der Waals surface area contributed by atoms with Crippen LogP contribution in [0.4, 0.5) is 0 Å². The van der Waals surface area contributed by atoms with Gasteiger partial charge in [0.2, 0.25) is 0 Å². The first-order chi connectivity index (χ1) is 10.1. The van der Waals surface area contributed by atoms with Gasteiger partial charge in [-0.1, -0.05) is 19.3 Å². The van der Waals surface area contributed by atoms with Gasteiger partial charge in [-0.3, -0.25) is 9.59 Å². The van der Waals surface area contributed by atoms with Crippen LogP contribution in [0.1, 0.15) is 71.1 Å². The lowest BCUT2D eigenvalue weighted by molar-refractivity contribution is -0.148. The standard InChI is InChI=1S/C16H29NO4/c1-13(18)21-15-9-7-8-14(12-15)17-11-6-4-2-3-5-10-16(19)20/h14-15,17H,2-12H2,1H3,(H,19,20). The Morgan fingerprint density at radius 2 is 1.86 bits per heavy atom. The number of unbranched alkanes of at least 4 members (excludes halogenated alkanes) is 4. The summed E-state index contributed by atoms with van der Waals surface area (Å²) in [6.45, 7) is 2.47. The van der Waals surface area contributed by atoms with Crippen LogP contribution in [0, 0.1) is 0 Å². The summed E-state index contributed by atoms with van der Waals surface area (Å²) in [4.78, 5) is 21.3.